The van der Waals surface area contributed by atoms with Crippen LogP contribution in [0.2, 0.25) is 0 Å². The molecule has 0 radical (unpaired) electrons. The molecule has 0 atom stereocenters. The first kappa shape index (κ1) is 89.8. The molecular formula is C140H106B2N6. The van der Waals surface area contributed by atoms with E-state index < -0.39 is 13.4 Å². The van der Waals surface area contributed by atoms with Gasteiger partial charge in [0.1, 0.15) is 0 Å². The molecule has 22 aromatic rings. The van der Waals surface area contributed by atoms with Crippen molar-refractivity contribution in [1.29, 1.82) is 0 Å². The number of fused-ring (bicyclic) bond motifs is 8. The lowest BCUT2D eigenvalue weighted by atomic mass is 9.30. The summed E-state index contributed by atoms with van der Waals surface area (Å²) in [6.07, 6.45) is 0. The molecule has 0 bridgehead atoms. The number of nitrogens with zero attached hydrogens (tertiary/aromatic N) is 6. The molecule has 8 heteroatoms. The first-order valence-electron chi connectivity index (χ1n) is 51.7. The molecule has 0 fully saturated rings. The van der Waals surface area contributed by atoms with E-state index in [0.717, 1.165) is 203 Å². The van der Waals surface area contributed by atoms with Crippen molar-refractivity contribution >= 4 is 149 Å². The van der Waals surface area contributed by atoms with Gasteiger partial charge in [-0.05, 0) is 190 Å². The number of hydrogen-bond donors (Lipinski definition) is 0. The molecule has 702 valence electrons. The van der Waals surface area contributed by atoms with Crippen molar-refractivity contribution in [3.63, 3.8) is 0 Å². The molecule has 4 aliphatic heterocycles. The number of para-hydroxylation sites is 10. The molecule has 0 aromatic heterocycles. The van der Waals surface area contributed by atoms with Crippen molar-refractivity contribution < 1.29 is 0 Å². The van der Waals surface area contributed by atoms with Crippen LogP contribution in [0.5, 0.6) is 0 Å². The van der Waals surface area contributed by atoms with Crippen LogP contribution in [0.3, 0.4) is 0 Å². The predicted molar refractivity (Wildman–Crippen MR) is 630 cm³/mol. The first-order valence-corrected chi connectivity index (χ1v) is 51.7. The maximum absolute atomic E-state index is 2.78. The van der Waals surface area contributed by atoms with Crippen molar-refractivity contribution in [2.45, 2.75) is 52.4 Å². The van der Waals surface area contributed by atoms with E-state index in [-0.39, 0.29) is 10.8 Å². The van der Waals surface area contributed by atoms with Crippen molar-refractivity contribution in [3.05, 3.63) is 545 Å². The van der Waals surface area contributed by atoms with Crippen molar-refractivity contribution in [3.8, 4) is 100 Å². The largest absolute Gasteiger partial charge is 0.311 e. The van der Waals surface area contributed by atoms with E-state index in [2.05, 4.69) is 605 Å². The number of hydrogen-bond acceptors (Lipinski definition) is 6. The van der Waals surface area contributed by atoms with Crippen LogP contribution in [-0.2, 0) is 10.8 Å². The van der Waals surface area contributed by atoms with Crippen LogP contribution in [0, 0.1) is 0 Å². The zero-order valence-corrected chi connectivity index (χ0v) is 83.6. The number of rotatable bonds is 19. The molecule has 0 aliphatic carbocycles. The SMILES string of the molecule is CC(C)(C)c1ccc(-c2cccc(-c3ccc(C(C)(C)C)cc3)c2N2c3cc4c(cc3B3c5ccccc5N(c5ccccc5-c5ccccc5)c5cc(N(c6ccccc6)c6ccccc6-c6ccccc6)cc2c53)B2c3ccccc3N(c3c(-c5ccccc5)cccc3-c3ccccc3)c3cc(N(c5ccccc5)c5c(-c6ccccc6)cccc5-c5ccccc5)cc(c32)N4c2ccccc2-c2ccccc2)cc1. The molecule has 0 unspecified atom stereocenters. The molecule has 0 saturated carbocycles. The van der Waals surface area contributed by atoms with Gasteiger partial charge in [0.25, 0.3) is 13.4 Å². The first-order chi connectivity index (χ1) is 72.8. The van der Waals surface area contributed by atoms with E-state index in [9.17, 15) is 0 Å². The van der Waals surface area contributed by atoms with E-state index in [1.807, 2.05) is 0 Å². The zero-order valence-electron chi connectivity index (χ0n) is 83.6. The fourth-order valence-corrected chi connectivity index (χ4v) is 23.7. The van der Waals surface area contributed by atoms with Crippen LogP contribution in [0.1, 0.15) is 52.7 Å². The highest BCUT2D eigenvalue weighted by atomic mass is 15.2. The highest BCUT2D eigenvalue weighted by Gasteiger charge is 2.51. The van der Waals surface area contributed by atoms with Crippen LogP contribution in [0.4, 0.5) is 102 Å². The molecule has 0 spiro atoms. The Bertz CT molecular complexity index is 8590. The Morgan fingerprint density at radius 2 is 0.426 bits per heavy atom. The van der Waals surface area contributed by atoms with Crippen molar-refractivity contribution in [2.24, 2.45) is 0 Å². The lowest BCUT2D eigenvalue weighted by Gasteiger charge is -2.48. The normalized spacial score (nSPS) is 12.6. The third-order valence-corrected chi connectivity index (χ3v) is 30.5. The van der Waals surface area contributed by atoms with Crippen LogP contribution in [0.25, 0.3) is 100 Å². The van der Waals surface area contributed by atoms with Crippen LogP contribution in [-0.4, -0.2) is 13.4 Å². The fourth-order valence-electron chi connectivity index (χ4n) is 23.7. The van der Waals surface area contributed by atoms with Gasteiger partial charge in [0.2, 0.25) is 0 Å². The van der Waals surface area contributed by atoms with Crippen LogP contribution < -0.4 is 62.2 Å². The highest BCUT2D eigenvalue weighted by molar-refractivity contribution is 7.03. The Kier molecular flexibility index (Phi) is 22.6. The molecule has 0 saturated heterocycles. The molecular weight excluding hydrogens is 1790 g/mol. The van der Waals surface area contributed by atoms with Gasteiger partial charge >= 0.3 is 0 Å². The van der Waals surface area contributed by atoms with Gasteiger partial charge in [-0.3, -0.25) is 0 Å². The molecule has 4 heterocycles. The summed E-state index contributed by atoms with van der Waals surface area (Å²) in [5.74, 6) is 0. The Labute approximate surface area is 869 Å². The number of anilines is 18. The quantitative estimate of drug-likeness (QED) is 0.0746. The molecule has 22 aromatic carbocycles. The van der Waals surface area contributed by atoms with Crippen LogP contribution >= 0.6 is 0 Å². The Balaban J connectivity index is 0.859. The maximum atomic E-state index is 2.78. The Morgan fingerprint density at radius 1 is 0.169 bits per heavy atom. The second kappa shape index (κ2) is 37.2. The molecule has 26 rings (SSSR count). The summed E-state index contributed by atoms with van der Waals surface area (Å²) in [6.45, 7) is 13.1. The molecule has 0 N–H and O–H groups in total. The summed E-state index contributed by atoms with van der Waals surface area (Å²) < 4.78 is 0. The van der Waals surface area contributed by atoms with Gasteiger partial charge in [0.05, 0.1) is 45.5 Å². The lowest BCUT2D eigenvalue weighted by molar-refractivity contribution is 0.590. The van der Waals surface area contributed by atoms with E-state index in [1.54, 1.807) is 0 Å². The summed E-state index contributed by atoms with van der Waals surface area (Å²) >= 11 is 0. The maximum Gasteiger partial charge on any atom is 0.252 e. The third kappa shape index (κ3) is 15.6. The predicted octanol–water partition coefficient (Wildman–Crippen LogP) is 34.4. The summed E-state index contributed by atoms with van der Waals surface area (Å²) in [7, 11) is 0. The second-order valence-corrected chi connectivity index (χ2v) is 41.3. The van der Waals surface area contributed by atoms with Gasteiger partial charge in [-0.25, -0.2) is 0 Å². The Morgan fingerprint density at radius 3 is 0.811 bits per heavy atom. The number of benzene rings is 22. The molecule has 148 heavy (non-hydrogen) atoms. The summed E-state index contributed by atoms with van der Waals surface area (Å²) in [6, 6.07) is 202. The second-order valence-electron chi connectivity index (χ2n) is 41.3. The fraction of sp³-hybridized carbons (Fsp3) is 0.0571. The smallest absolute Gasteiger partial charge is 0.252 e. The standard InChI is InChI=1S/C140H106B2N6/c1-139(2,3)104-85-81-102(82-86-104)117-72-46-73-118(103-83-87-105(88-84-103)140(4,5)6)138(117)148-129-94-128-121(93-122(129)141-119-74-37-42-79-126(119)145(124-77-40-35-66-111(124)96-49-18-8-19-50-96)130-89-108(90-133(148)134(130)141)143(106-61-30-14-31-62-106)123-76-39-34-65-110(123)95-47-16-7-17-48-95)142-120-75-38-43-80-127(120)147(137-115(100-57-26-12-27-58-100)70-45-71-116(137)101-59-28-13-29-60-101)132-92-109(91-131(135(132)142)146(128)125-78-41-36-67-112(125)97-51-20-9-21-52-97)144(107-63-32-15-33-64-107)136-113(98-53-22-10-23-54-98)68-44-69-114(136)99-55-24-11-25-56-99/h7-94H,1-6H3. The third-order valence-electron chi connectivity index (χ3n) is 30.5. The zero-order chi connectivity index (χ0) is 99.2. The molecule has 6 nitrogen and oxygen atoms in total. The monoisotopic (exact) mass is 1890 g/mol. The summed E-state index contributed by atoms with van der Waals surface area (Å²) in [5.41, 5.74) is 47.7. The van der Waals surface area contributed by atoms with Gasteiger partial charge in [-0.2, -0.15) is 0 Å². The van der Waals surface area contributed by atoms with Gasteiger partial charge in [-0.1, -0.05) is 490 Å². The summed E-state index contributed by atoms with van der Waals surface area (Å²) in [4.78, 5) is 16.0. The van der Waals surface area contributed by atoms with E-state index in [0.29, 0.717) is 0 Å². The minimum absolute atomic E-state index is 0.139. The lowest BCUT2D eigenvalue weighted by Crippen LogP contribution is -2.65. The average molecular weight is 1890 g/mol. The van der Waals surface area contributed by atoms with E-state index in [4.69, 9.17) is 0 Å². The van der Waals surface area contributed by atoms with Gasteiger partial charge in [0, 0.05) is 107 Å². The Hall–Kier alpha value is -18.2. The average Bonchev–Trinajstić information content (AvgIpc) is 0.674. The summed E-state index contributed by atoms with van der Waals surface area (Å²) in [5, 5.41) is 0. The van der Waals surface area contributed by atoms with E-state index >= 15 is 0 Å². The minimum atomic E-state index is -0.433. The van der Waals surface area contributed by atoms with Gasteiger partial charge in [-0.15, -0.1) is 0 Å². The van der Waals surface area contributed by atoms with Gasteiger partial charge < -0.3 is 29.4 Å². The van der Waals surface area contributed by atoms with Crippen LogP contribution in [0.15, 0.2) is 534 Å². The van der Waals surface area contributed by atoms with Crippen molar-refractivity contribution in [1.82, 2.24) is 0 Å². The van der Waals surface area contributed by atoms with Crippen molar-refractivity contribution in [2.75, 3.05) is 29.4 Å². The minimum Gasteiger partial charge on any atom is -0.311 e. The topological polar surface area (TPSA) is 19.4 Å². The highest BCUT2D eigenvalue weighted by Crippen LogP contribution is 2.60. The van der Waals surface area contributed by atoms with Gasteiger partial charge in [0.15, 0.2) is 0 Å². The molecule has 0 amide bonds. The molecule has 4 aliphatic rings. The van der Waals surface area contributed by atoms with E-state index in [1.165, 1.54) is 43.9 Å².